The minimum absolute atomic E-state index is 0.00903. The number of likely N-dealkylation sites (N-methyl/N-ethyl adjacent to an activating group) is 1. The molecule has 0 N–H and O–H groups in total. The molecule has 1 aromatic heterocycles. The van der Waals surface area contributed by atoms with E-state index in [1.165, 1.54) is 11.0 Å². The molecule has 2 heterocycles. The largest absolute Gasteiger partial charge is 0.341 e. The maximum Gasteiger partial charge on any atom is 0.257 e. The quantitative estimate of drug-likeness (QED) is 0.847. The fourth-order valence-corrected chi connectivity index (χ4v) is 2.37. The summed E-state index contributed by atoms with van der Waals surface area (Å²) < 4.78 is 0. The van der Waals surface area contributed by atoms with Crippen LogP contribution in [-0.2, 0) is 4.79 Å². The molecule has 0 aromatic carbocycles. The Labute approximate surface area is 126 Å². The van der Waals surface area contributed by atoms with Crippen molar-refractivity contribution in [1.29, 1.82) is 0 Å². The summed E-state index contributed by atoms with van der Waals surface area (Å²) in [6.07, 6.45) is 2.03. The number of carbonyl (C=O) groups excluding carboxylic acids is 2. The molecule has 8 heteroatoms. The molecular weight excluding hydrogens is 303 g/mol. The predicted molar refractivity (Wildman–Crippen MR) is 74.8 cm³/mol. The van der Waals surface area contributed by atoms with E-state index in [-0.39, 0.29) is 28.3 Å². The van der Waals surface area contributed by atoms with Gasteiger partial charge in [0.25, 0.3) is 5.91 Å². The van der Waals surface area contributed by atoms with Crippen LogP contribution in [0.4, 0.5) is 0 Å². The lowest BCUT2D eigenvalue weighted by Crippen LogP contribution is -2.40. The summed E-state index contributed by atoms with van der Waals surface area (Å²) in [4.78, 5) is 27.3. The van der Waals surface area contributed by atoms with Gasteiger partial charge in [-0.25, -0.2) is 0 Å². The van der Waals surface area contributed by atoms with E-state index in [0.717, 1.165) is 25.9 Å². The standard InChI is InChI=1S/C12H14Cl2N4O2/c1-17(7-10(19)18-4-2-3-5-18)12(20)8-6-9(13)15-16-11(8)14/h6H,2-5,7H2,1H3. The molecule has 1 fully saturated rings. The molecule has 1 aliphatic heterocycles. The smallest absolute Gasteiger partial charge is 0.257 e. The van der Waals surface area contributed by atoms with E-state index in [4.69, 9.17) is 23.2 Å². The lowest BCUT2D eigenvalue weighted by Gasteiger charge is -2.21. The van der Waals surface area contributed by atoms with Crippen LogP contribution >= 0.6 is 23.2 Å². The zero-order chi connectivity index (χ0) is 14.7. The minimum Gasteiger partial charge on any atom is -0.341 e. The van der Waals surface area contributed by atoms with E-state index < -0.39 is 5.91 Å². The number of carbonyl (C=O) groups is 2. The third-order valence-electron chi connectivity index (χ3n) is 3.13. The number of hydrogen-bond donors (Lipinski definition) is 0. The lowest BCUT2D eigenvalue weighted by molar-refractivity contribution is -0.130. The van der Waals surface area contributed by atoms with E-state index in [1.807, 2.05) is 0 Å². The zero-order valence-corrected chi connectivity index (χ0v) is 12.5. The summed E-state index contributed by atoms with van der Waals surface area (Å²) in [7, 11) is 1.54. The number of aromatic nitrogens is 2. The Bertz CT molecular complexity index is 532. The Hall–Kier alpha value is -1.40. The molecule has 2 amide bonds. The first-order chi connectivity index (χ1) is 9.49. The number of hydrogen-bond acceptors (Lipinski definition) is 4. The van der Waals surface area contributed by atoms with Crippen LogP contribution in [0.1, 0.15) is 23.2 Å². The van der Waals surface area contributed by atoms with Crippen LogP contribution in [0.25, 0.3) is 0 Å². The van der Waals surface area contributed by atoms with Gasteiger partial charge in [0.15, 0.2) is 10.3 Å². The number of nitrogens with zero attached hydrogens (tertiary/aromatic N) is 4. The van der Waals surface area contributed by atoms with Crippen LogP contribution < -0.4 is 0 Å². The van der Waals surface area contributed by atoms with Gasteiger partial charge in [-0.15, -0.1) is 10.2 Å². The summed E-state index contributed by atoms with van der Waals surface area (Å²) in [5.74, 6) is -0.470. The van der Waals surface area contributed by atoms with Gasteiger partial charge in [0.05, 0.1) is 12.1 Å². The summed E-state index contributed by atoms with van der Waals surface area (Å²) in [6.45, 7) is 1.52. The van der Waals surface area contributed by atoms with Gasteiger partial charge >= 0.3 is 0 Å². The summed E-state index contributed by atoms with van der Waals surface area (Å²) >= 11 is 11.5. The molecule has 0 bridgehead atoms. The van der Waals surface area contributed by atoms with Crippen LogP contribution in [-0.4, -0.2) is 58.5 Å². The van der Waals surface area contributed by atoms with Crippen LogP contribution in [0.3, 0.4) is 0 Å². The van der Waals surface area contributed by atoms with Crippen molar-refractivity contribution in [3.8, 4) is 0 Å². The monoisotopic (exact) mass is 316 g/mol. The highest BCUT2D eigenvalue weighted by molar-refractivity contribution is 6.34. The number of amides is 2. The maximum absolute atomic E-state index is 12.2. The number of rotatable bonds is 3. The topological polar surface area (TPSA) is 66.4 Å². The second-order valence-electron chi connectivity index (χ2n) is 4.62. The minimum atomic E-state index is -0.403. The Kier molecular flexibility index (Phi) is 4.77. The average molecular weight is 317 g/mol. The molecule has 1 saturated heterocycles. The number of halogens is 2. The Morgan fingerprint density at radius 1 is 1.30 bits per heavy atom. The Morgan fingerprint density at radius 3 is 2.60 bits per heavy atom. The van der Waals surface area contributed by atoms with Crippen molar-refractivity contribution in [2.45, 2.75) is 12.8 Å². The van der Waals surface area contributed by atoms with Crippen molar-refractivity contribution in [2.75, 3.05) is 26.7 Å². The van der Waals surface area contributed by atoms with E-state index in [2.05, 4.69) is 10.2 Å². The summed E-state index contributed by atoms with van der Waals surface area (Å²) in [5.41, 5.74) is 0.142. The lowest BCUT2D eigenvalue weighted by atomic mass is 10.2. The predicted octanol–water partition coefficient (Wildman–Crippen LogP) is 1.48. The fourth-order valence-electron chi connectivity index (χ4n) is 2.05. The summed E-state index contributed by atoms with van der Waals surface area (Å²) in [5, 5.41) is 7.17. The third-order valence-corrected chi connectivity index (χ3v) is 3.59. The third kappa shape index (κ3) is 3.37. The molecule has 2 rings (SSSR count). The molecule has 6 nitrogen and oxygen atoms in total. The van der Waals surface area contributed by atoms with Crippen LogP contribution in [0.15, 0.2) is 6.07 Å². The second-order valence-corrected chi connectivity index (χ2v) is 5.37. The highest BCUT2D eigenvalue weighted by Gasteiger charge is 2.23. The van der Waals surface area contributed by atoms with E-state index in [0.29, 0.717) is 0 Å². The zero-order valence-electron chi connectivity index (χ0n) is 11.0. The van der Waals surface area contributed by atoms with Crippen LogP contribution in [0, 0.1) is 0 Å². The molecule has 0 spiro atoms. The molecule has 0 radical (unpaired) electrons. The molecule has 0 atom stereocenters. The maximum atomic E-state index is 12.2. The first-order valence-corrected chi connectivity index (χ1v) is 6.96. The summed E-state index contributed by atoms with van der Waals surface area (Å²) in [6, 6.07) is 1.34. The van der Waals surface area contributed by atoms with Gasteiger partial charge in [-0.2, -0.15) is 0 Å². The molecule has 108 valence electrons. The molecule has 1 aromatic rings. The van der Waals surface area contributed by atoms with E-state index in [9.17, 15) is 9.59 Å². The molecule has 0 unspecified atom stereocenters. The highest BCUT2D eigenvalue weighted by Crippen LogP contribution is 2.17. The van der Waals surface area contributed by atoms with Crippen molar-refractivity contribution < 1.29 is 9.59 Å². The first-order valence-electron chi connectivity index (χ1n) is 6.21. The van der Waals surface area contributed by atoms with E-state index in [1.54, 1.807) is 11.9 Å². The van der Waals surface area contributed by atoms with Crippen molar-refractivity contribution >= 4 is 35.0 Å². The highest BCUT2D eigenvalue weighted by atomic mass is 35.5. The van der Waals surface area contributed by atoms with Gasteiger partial charge in [0.2, 0.25) is 5.91 Å². The van der Waals surface area contributed by atoms with Crippen molar-refractivity contribution in [2.24, 2.45) is 0 Å². The van der Waals surface area contributed by atoms with Crippen LogP contribution in [0.5, 0.6) is 0 Å². The molecule has 1 aliphatic rings. The van der Waals surface area contributed by atoms with Gasteiger partial charge in [-0.1, -0.05) is 23.2 Å². The van der Waals surface area contributed by atoms with Crippen molar-refractivity contribution in [3.63, 3.8) is 0 Å². The van der Waals surface area contributed by atoms with E-state index >= 15 is 0 Å². The number of likely N-dealkylation sites (tertiary alicyclic amines) is 1. The fraction of sp³-hybridized carbons (Fsp3) is 0.500. The van der Waals surface area contributed by atoms with Gasteiger partial charge in [-0.05, 0) is 18.9 Å². The van der Waals surface area contributed by atoms with Crippen molar-refractivity contribution in [1.82, 2.24) is 20.0 Å². The Balaban J connectivity index is 2.04. The normalized spacial score (nSPS) is 14.4. The van der Waals surface area contributed by atoms with Crippen LogP contribution in [0.2, 0.25) is 10.3 Å². The first kappa shape index (κ1) is 15.0. The van der Waals surface area contributed by atoms with Gasteiger partial charge in [0, 0.05) is 20.1 Å². The molecule has 0 aliphatic carbocycles. The van der Waals surface area contributed by atoms with Gasteiger partial charge in [0.1, 0.15) is 0 Å². The average Bonchev–Trinajstić information content (AvgIpc) is 2.94. The SMILES string of the molecule is CN(CC(=O)N1CCCC1)C(=O)c1cc(Cl)nnc1Cl. The van der Waals surface area contributed by atoms with Crippen molar-refractivity contribution in [3.05, 3.63) is 21.9 Å². The second kappa shape index (κ2) is 6.37. The molecule has 0 saturated carbocycles. The van der Waals surface area contributed by atoms with Gasteiger partial charge < -0.3 is 9.80 Å². The molecular formula is C12H14Cl2N4O2. The molecule has 20 heavy (non-hydrogen) atoms. The Morgan fingerprint density at radius 2 is 1.95 bits per heavy atom. The van der Waals surface area contributed by atoms with Gasteiger partial charge in [-0.3, -0.25) is 9.59 Å².